The third kappa shape index (κ3) is 4.67. The van der Waals surface area contributed by atoms with Gasteiger partial charge in [-0.25, -0.2) is 0 Å². The van der Waals surface area contributed by atoms with Gasteiger partial charge < -0.3 is 10.1 Å². The number of carbonyl (C=O) groups excluding carboxylic acids is 1. The van der Waals surface area contributed by atoms with Crippen LogP contribution in [0.25, 0.3) is 0 Å². The fourth-order valence-electron chi connectivity index (χ4n) is 2.97. The average Bonchev–Trinajstić information content (AvgIpc) is 2.53. The topological polar surface area (TPSA) is 84.7 Å². The number of nitro benzene ring substituents is 1. The number of amides is 1. The molecular weight excluding hydrogens is 310 g/mol. The van der Waals surface area contributed by atoms with Crippen molar-refractivity contribution in [3.8, 4) is 5.75 Å². The van der Waals surface area contributed by atoms with Gasteiger partial charge in [-0.2, -0.15) is 0 Å². The first-order chi connectivity index (χ1) is 11.5. The normalized spacial score (nSPS) is 17.4. The minimum absolute atomic E-state index is 0.0787. The summed E-state index contributed by atoms with van der Waals surface area (Å²) in [6, 6.07) is 3.90. The molecule has 2 rings (SSSR count). The number of nitrogens with zero attached hydrogens (tertiary/aromatic N) is 2. The molecule has 0 spiro atoms. The molecule has 1 aliphatic heterocycles. The lowest BCUT2D eigenvalue weighted by molar-refractivity contribution is -0.384. The number of benzene rings is 1. The zero-order valence-corrected chi connectivity index (χ0v) is 14.3. The van der Waals surface area contributed by atoms with E-state index in [-0.39, 0.29) is 17.6 Å². The first-order valence-corrected chi connectivity index (χ1v) is 8.40. The van der Waals surface area contributed by atoms with E-state index >= 15 is 0 Å². The molecule has 24 heavy (non-hydrogen) atoms. The molecule has 0 aliphatic carbocycles. The van der Waals surface area contributed by atoms with Gasteiger partial charge in [-0.15, -0.1) is 0 Å². The summed E-state index contributed by atoms with van der Waals surface area (Å²) in [5.41, 5.74) is 0.251. The zero-order valence-electron chi connectivity index (χ0n) is 14.3. The Kier molecular flexibility index (Phi) is 6.54. The molecule has 0 radical (unpaired) electrons. The summed E-state index contributed by atoms with van der Waals surface area (Å²) in [7, 11) is 1.47. The van der Waals surface area contributed by atoms with Gasteiger partial charge in [0.05, 0.1) is 23.8 Å². The van der Waals surface area contributed by atoms with Gasteiger partial charge in [-0.1, -0.05) is 19.3 Å². The Morgan fingerprint density at radius 3 is 2.46 bits per heavy atom. The van der Waals surface area contributed by atoms with Gasteiger partial charge in [0.2, 0.25) is 5.91 Å². The third-order valence-electron chi connectivity index (χ3n) is 4.47. The standard InChI is InChI=1S/C17H25N3O4/c1-13(19-10-6-4-3-5-7-11-19)17(21)18-15-12-14(20(22)23)8-9-16(15)24-2/h8-9,12-13H,3-7,10-11H2,1-2H3,(H,18,21)/t13-/m0/s1. The number of ether oxygens (including phenoxy) is 1. The van der Waals surface area contributed by atoms with Crippen molar-refractivity contribution in [2.45, 2.75) is 45.1 Å². The Morgan fingerprint density at radius 2 is 1.88 bits per heavy atom. The Labute approximate surface area is 142 Å². The predicted octanol–water partition coefficient (Wildman–Crippen LogP) is 3.20. The van der Waals surface area contributed by atoms with E-state index in [9.17, 15) is 14.9 Å². The van der Waals surface area contributed by atoms with Gasteiger partial charge in [-0.05, 0) is 38.9 Å². The highest BCUT2D eigenvalue weighted by molar-refractivity contribution is 5.96. The summed E-state index contributed by atoms with van der Waals surface area (Å²) in [4.78, 5) is 25.2. The minimum Gasteiger partial charge on any atom is -0.495 e. The smallest absolute Gasteiger partial charge is 0.271 e. The van der Waals surface area contributed by atoms with Crippen LogP contribution >= 0.6 is 0 Å². The maximum Gasteiger partial charge on any atom is 0.271 e. The highest BCUT2D eigenvalue weighted by atomic mass is 16.6. The summed E-state index contributed by atoms with van der Waals surface area (Å²) < 4.78 is 5.19. The largest absolute Gasteiger partial charge is 0.495 e. The minimum atomic E-state index is -0.489. The molecule has 1 saturated heterocycles. The van der Waals surface area contributed by atoms with Crippen LogP contribution in [0, 0.1) is 10.1 Å². The van der Waals surface area contributed by atoms with E-state index in [0.29, 0.717) is 11.4 Å². The molecule has 1 aliphatic rings. The molecule has 1 atom stereocenters. The van der Waals surface area contributed by atoms with Gasteiger partial charge in [-0.3, -0.25) is 19.8 Å². The van der Waals surface area contributed by atoms with Crippen molar-refractivity contribution in [3.05, 3.63) is 28.3 Å². The second-order valence-electron chi connectivity index (χ2n) is 6.11. The third-order valence-corrected chi connectivity index (χ3v) is 4.47. The van der Waals surface area contributed by atoms with Crippen LogP contribution in [0.2, 0.25) is 0 Å². The summed E-state index contributed by atoms with van der Waals surface area (Å²) in [5.74, 6) is 0.239. The van der Waals surface area contributed by atoms with Crippen molar-refractivity contribution >= 4 is 17.3 Å². The number of methoxy groups -OCH3 is 1. The van der Waals surface area contributed by atoms with Crippen molar-refractivity contribution in [2.75, 3.05) is 25.5 Å². The number of carbonyl (C=O) groups is 1. The number of non-ortho nitro benzene ring substituents is 1. The Bertz CT molecular complexity index is 583. The molecule has 7 nitrogen and oxygen atoms in total. The maximum atomic E-state index is 12.6. The highest BCUT2D eigenvalue weighted by Crippen LogP contribution is 2.29. The number of anilines is 1. The van der Waals surface area contributed by atoms with Crippen LogP contribution in [0.3, 0.4) is 0 Å². The molecular formula is C17H25N3O4. The molecule has 1 aromatic carbocycles. The van der Waals surface area contributed by atoms with E-state index < -0.39 is 4.92 Å². The monoisotopic (exact) mass is 335 g/mol. The second-order valence-corrected chi connectivity index (χ2v) is 6.11. The van der Waals surface area contributed by atoms with Gasteiger partial charge in [0.25, 0.3) is 5.69 Å². The van der Waals surface area contributed by atoms with Crippen LogP contribution in [-0.4, -0.2) is 42.0 Å². The van der Waals surface area contributed by atoms with Crippen LogP contribution < -0.4 is 10.1 Å². The number of hydrogen-bond acceptors (Lipinski definition) is 5. The Hall–Kier alpha value is -2.15. The molecule has 1 N–H and O–H groups in total. The number of rotatable bonds is 5. The van der Waals surface area contributed by atoms with Crippen LogP contribution in [0.1, 0.15) is 39.0 Å². The maximum absolute atomic E-state index is 12.6. The number of nitrogens with one attached hydrogen (secondary N) is 1. The SMILES string of the molecule is COc1ccc([N+](=O)[O-])cc1NC(=O)[C@H](C)N1CCCCCCC1. The van der Waals surface area contributed by atoms with Gasteiger partial charge >= 0.3 is 0 Å². The summed E-state index contributed by atoms with van der Waals surface area (Å²) in [6.07, 6.45) is 5.85. The lowest BCUT2D eigenvalue weighted by atomic mass is 10.1. The molecule has 1 amide bonds. The second kappa shape index (κ2) is 8.63. The van der Waals surface area contributed by atoms with Crippen LogP contribution in [0.5, 0.6) is 5.75 Å². The lowest BCUT2D eigenvalue weighted by Crippen LogP contribution is -2.43. The van der Waals surface area contributed by atoms with Gasteiger partial charge in [0.15, 0.2) is 0 Å². The van der Waals surface area contributed by atoms with Crippen LogP contribution in [0.15, 0.2) is 18.2 Å². The summed E-state index contributed by atoms with van der Waals surface area (Å²) in [6.45, 7) is 3.68. The number of likely N-dealkylation sites (tertiary alicyclic amines) is 1. The van der Waals surface area contributed by atoms with Gasteiger partial charge in [0, 0.05) is 12.1 Å². The molecule has 0 aromatic heterocycles. The average molecular weight is 335 g/mol. The van der Waals surface area contributed by atoms with Gasteiger partial charge in [0.1, 0.15) is 5.75 Å². The first-order valence-electron chi connectivity index (χ1n) is 8.40. The van der Waals surface area contributed by atoms with E-state index in [2.05, 4.69) is 10.2 Å². The molecule has 0 bridgehead atoms. The van der Waals surface area contributed by atoms with Crippen molar-refractivity contribution in [2.24, 2.45) is 0 Å². The van der Waals surface area contributed by atoms with E-state index in [1.807, 2.05) is 6.92 Å². The molecule has 1 fully saturated rings. The number of hydrogen-bond donors (Lipinski definition) is 1. The lowest BCUT2D eigenvalue weighted by Gasteiger charge is -2.29. The van der Waals surface area contributed by atoms with E-state index in [0.717, 1.165) is 25.9 Å². The van der Waals surface area contributed by atoms with Crippen LogP contribution in [-0.2, 0) is 4.79 Å². The van der Waals surface area contributed by atoms with E-state index in [1.54, 1.807) is 0 Å². The molecule has 7 heteroatoms. The quantitative estimate of drug-likeness (QED) is 0.660. The molecule has 0 saturated carbocycles. The molecule has 0 unspecified atom stereocenters. The fourth-order valence-corrected chi connectivity index (χ4v) is 2.97. The fraction of sp³-hybridized carbons (Fsp3) is 0.588. The molecule has 1 aromatic rings. The molecule has 1 heterocycles. The summed E-state index contributed by atoms with van der Waals surface area (Å²) >= 11 is 0. The van der Waals surface area contributed by atoms with Crippen molar-refractivity contribution < 1.29 is 14.5 Å². The Balaban J connectivity index is 2.09. The van der Waals surface area contributed by atoms with Crippen molar-refractivity contribution in [1.29, 1.82) is 0 Å². The van der Waals surface area contributed by atoms with Crippen LogP contribution in [0.4, 0.5) is 11.4 Å². The number of nitro groups is 1. The highest BCUT2D eigenvalue weighted by Gasteiger charge is 2.23. The van der Waals surface area contributed by atoms with E-state index in [4.69, 9.17) is 4.74 Å². The van der Waals surface area contributed by atoms with Crippen molar-refractivity contribution in [1.82, 2.24) is 4.90 Å². The first kappa shape index (κ1) is 18.2. The predicted molar refractivity (Wildman–Crippen MR) is 92.4 cm³/mol. The summed E-state index contributed by atoms with van der Waals surface area (Å²) in [5, 5.41) is 13.7. The Morgan fingerprint density at radius 1 is 1.25 bits per heavy atom. The van der Waals surface area contributed by atoms with Crippen molar-refractivity contribution in [3.63, 3.8) is 0 Å². The zero-order chi connectivity index (χ0) is 17.5. The van der Waals surface area contributed by atoms with E-state index in [1.165, 1.54) is 44.6 Å². The molecule has 132 valence electrons.